The van der Waals surface area contributed by atoms with Crippen LogP contribution in [-0.4, -0.2) is 53.7 Å². The van der Waals surface area contributed by atoms with Gasteiger partial charge >= 0.3 is 18.0 Å². The number of methoxy groups -OCH3 is 1. The molecule has 0 aromatic carbocycles. The van der Waals surface area contributed by atoms with Gasteiger partial charge in [0.25, 0.3) is 0 Å². The van der Waals surface area contributed by atoms with E-state index in [0.29, 0.717) is 6.54 Å². The standard InChI is InChI=1S/C13H20N2O5/c1-3-8-15(9-4-5-9)13(19)14-10(12(17)18)6-7-11(16)20-2/h3,9-10H,1,4-8H2,2H3,(H,14,19)(H,17,18)/t10-/m1/s1. The zero-order valence-corrected chi connectivity index (χ0v) is 11.5. The fourth-order valence-corrected chi connectivity index (χ4v) is 1.78. The van der Waals surface area contributed by atoms with Crippen LogP contribution in [0.1, 0.15) is 25.7 Å². The maximum absolute atomic E-state index is 12.0. The molecule has 0 radical (unpaired) electrons. The second kappa shape index (κ2) is 7.52. The van der Waals surface area contributed by atoms with Gasteiger partial charge in [0, 0.05) is 19.0 Å². The van der Waals surface area contributed by atoms with Crippen LogP contribution in [0.4, 0.5) is 4.79 Å². The maximum Gasteiger partial charge on any atom is 0.326 e. The number of rotatable bonds is 8. The van der Waals surface area contributed by atoms with Crippen LogP contribution in [0.15, 0.2) is 12.7 Å². The number of esters is 1. The fourth-order valence-electron chi connectivity index (χ4n) is 1.78. The lowest BCUT2D eigenvalue weighted by Crippen LogP contribution is -2.49. The van der Waals surface area contributed by atoms with Gasteiger partial charge in [-0.05, 0) is 19.3 Å². The Morgan fingerprint density at radius 2 is 2.15 bits per heavy atom. The van der Waals surface area contributed by atoms with Gasteiger partial charge < -0.3 is 20.1 Å². The number of urea groups is 1. The SMILES string of the molecule is C=CCN(C(=O)N[C@H](CCC(=O)OC)C(=O)O)C1CC1. The molecular weight excluding hydrogens is 264 g/mol. The van der Waals surface area contributed by atoms with Crippen LogP contribution < -0.4 is 5.32 Å². The number of carbonyl (C=O) groups excluding carboxylic acids is 2. The molecule has 1 aliphatic carbocycles. The Labute approximate surface area is 117 Å². The predicted octanol–water partition coefficient (Wildman–Crippen LogP) is 0.753. The third-order valence-electron chi connectivity index (χ3n) is 3.03. The number of amides is 2. The number of aliphatic carboxylic acids is 1. The van der Waals surface area contributed by atoms with Crippen molar-refractivity contribution < 1.29 is 24.2 Å². The molecule has 20 heavy (non-hydrogen) atoms. The van der Waals surface area contributed by atoms with Crippen LogP contribution in [-0.2, 0) is 14.3 Å². The van der Waals surface area contributed by atoms with Crippen molar-refractivity contribution in [2.45, 2.75) is 37.8 Å². The van der Waals surface area contributed by atoms with E-state index in [0.717, 1.165) is 12.8 Å². The van der Waals surface area contributed by atoms with Gasteiger partial charge in [-0.3, -0.25) is 4.79 Å². The third kappa shape index (κ3) is 4.91. The van der Waals surface area contributed by atoms with Crippen molar-refractivity contribution in [3.8, 4) is 0 Å². The van der Waals surface area contributed by atoms with Gasteiger partial charge in [0.2, 0.25) is 0 Å². The topological polar surface area (TPSA) is 95.9 Å². The number of carboxylic acid groups (broad SMARTS) is 1. The summed E-state index contributed by atoms with van der Waals surface area (Å²) < 4.78 is 4.45. The minimum Gasteiger partial charge on any atom is -0.480 e. The lowest BCUT2D eigenvalue weighted by molar-refractivity contribution is -0.142. The molecular formula is C13H20N2O5. The predicted molar refractivity (Wildman–Crippen MR) is 71.1 cm³/mol. The monoisotopic (exact) mass is 284 g/mol. The highest BCUT2D eigenvalue weighted by molar-refractivity contribution is 5.83. The molecule has 1 fully saturated rings. The Kier molecular flexibility index (Phi) is 6.02. The molecule has 7 nitrogen and oxygen atoms in total. The minimum absolute atomic E-state index is 0.000340. The largest absolute Gasteiger partial charge is 0.480 e. The van der Waals surface area contributed by atoms with Gasteiger partial charge in [0.15, 0.2) is 0 Å². The second-order valence-corrected chi connectivity index (χ2v) is 4.63. The zero-order chi connectivity index (χ0) is 15.1. The Morgan fingerprint density at radius 1 is 1.50 bits per heavy atom. The first-order valence-corrected chi connectivity index (χ1v) is 6.47. The summed E-state index contributed by atoms with van der Waals surface area (Å²) in [4.78, 5) is 35.7. The van der Waals surface area contributed by atoms with Crippen molar-refractivity contribution in [1.82, 2.24) is 10.2 Å². The zero-order valence-electron chi connectivity index (χ0n) is 11.5. The summed E-state index contributed by atoms with van der Waals surface area (Å²) in [6.45, 7) is 3.95. The summed E-state index contributed by atoms with van der Waals surface area (Å²) in [5.74, 6) is -1.67. The van der Waals surface area contributed by atoms with E-state index < -0.39 is 24.0 Å². The summed E-state index contributed by atoms with van der Waals surface area (Å²) >= 11 is 0. The highest BCUT2D eigenvalue weighted by Gasteiger charge is 2.33. The average Bonchev–Trinajstić information content (AvgIpc) is 3.23. The van der Waals surface area contributed by atoms with Gasteiger partial charge in [-0.2, -0.15) is 0 Å². The molecule has 1 saturated carbocycles. The van der Waals surface area contributed by atoms with Crippen LogP contribution in [0.2, 0.25) is 0 Å². The van der Waals surface area contributed by atoms with Crippen molar-refractivity contribution >= 4 is 18.0 Å². The first-order valence-electron chi connectivity index (χ1n) is 6.47. The van der Waals surface area contributed by atoms with Crippen LogP contribution in [0.3, 0.4) is 0 Å². The van der Waals surface area contributed by atoms with Crippen LogP contribution in [0, 0.1) is 0 Å². The molecule has 0 saturated heterocycles. The number of nitrogens with one attached hydrogen (secondary N) is 1. The van der Waals surface area contributed by atoms with Crippen molar-refractivity contribution in [1.29, 1.82) is 0 Å². The molecule has 0 spiro atoms. The maximum atomic E-state index is 12.0. The number of ether oxygens (including phenoxy) is 1. The van der Waals surface area contributed by atoms with Gasteiger partial charge in [-0.1, -0.05) is 6.08 Å². The van der Waals surface area contributed by atoms with E-state index in [4.69, 9.17) is 5.11 Å². The van der Waals surface area contributed by atoms with Crippen LogP contribution >= 0.6 is 0 Å². The Hall–Kier alpha value is -2.05. The molecule has 2 amide bonds. The number of carboxylic acids is 1. The van der Waals surface area contributed by atoms with Crippen LogP contribution in [0.5, 0.6) is 0 Å². The molecule has 0 aliphatic heterocycles. The molecule has 112 valence electrons. The normalized spacial score (nSPS) is 15.1. The first kappa shape index (κ1) is 16.0. The molecule has 1 aliphatic rings. The molecule has 0 aromatic heterocycles. The van der Waals surface area contributed by atoms with Crippen molar-refractivity contribution in [2.24, 2.45) is 0 Å². The molecule has 0 bridgehead atoms. The number of hydrogen-bond donors (Lipinski definition) is 2. The Balaban J connectivity index is 2.54. The molecule has 0 unspecified atom stereocenters. The lowest BCUT2D eigenvalue weighted by Gasteiger charge is -2.23. The lowest BCUT2D eigenvalue weighted by atomic mass is 10.1. The van der Waals surface area contributed by atoms with Gasteiger partial charge in [0.1, 0.15) is 6.04 Å². The molecule has 0 aromatic rings. The molecule has 1 atom stereocenters. The number of carbonyl (C=O) groups is 3. The summed E-state index contributed by atoms with van der Waals surface area (Å²) in [5.41, 5.74) is 0. The molecule has 2 N–H and O–H groups in total. The van der Waals surface area contributed by atoms with Crippen molar-refractivity contribution in [2.75, 3.05) is 13.7 Å². The molecule has 7 heteroatoms. The third-order valence-corrected chi connectivity index (χ3v) is 3.03. The van der Waals surface area contributed by atoms with Crippen LogP contribution in [0.25, 0.3) is 0 Å². The van der Waals surface area contributed by atoms with Crippen molar-refractivity contribution in [3.63, 3.8) is 0 Å². The smallest absolute Gasteiger partial charge is 0.326 e. The fraction of sp³-hybridized carbons (Fsp3) is 0.615. The van der Waals surface area contributed by atoms with Gasteiger partial charge in [-0.15, -0.1) is 6.58 Å². The van der Waals surface area contributed by atoms with E-state index in [1.54, 1.807) is 11.0 Å². The van der Waals surface area contributed by atoms with E-state index >= 15 is 0 Å². The number of nitrogens with zero attached hydrogens (tertiary/aromatic N) is 1. The van der Waals surface area contributed by atoms with Gasteiger partial charge in [-0.25, -0.2) is 9.59 Å². The molecule has 0 heterocycles. The minimum atomic E-state index is -1.17. The quantitative estimate of drug-likeness (QED) is 0.506. The highest BCUT2D eigenvalue weighted by atomic mass is 16.5. The summed E-state index contributed by atoms with van der Waals surface area (Å²) in [6.07, 6.45) is 3.38. The first-order chi connectivity index (χ1) is 9.49. The van der Waals surface area contributed by atoms with E-state index in [1.807, 2.05) is 0 Å². The highest BCUT2D eigenvalue weighted by Crippen LogP contribution is 2.26. The van der Waals surface area contributed by atoms with E-state index in [2.05, 4.69) is 16.6 Å². The van der Waals surface area contributed by atoms with Gasteiger partial charge in [0.05, 0.1) is 7.11 Å². The Bertz CT molecular complexity index is 392. The van der Waals surface area contributed by atoms with E-state index in [1.165, 1.54) is 7.11 Å². The molecule has 1 rings (SSSR count). The number of hydrogen-bond acceptors (Lipinski definition) is 4. The van der Waals surface area contributed by atoms with Crippen molar-refractivity contribution in [3.05, 3.63) is 12.7 Å². The second-order valence-electron chi connectivity index (χ2n) is 4.63. The summed E-state index contributed by atoms with van der Waals surface area (Å²) in [6, 6.07) is -1.39. The summed E-state index contributed by atoms with van der Waals surface area (Å²) in [7, 11) is 1.23. The Morgan fingerprint density at radius 3 is 2.60 bits per heavy atom. The average molecular weight is 284 g/mol. The van der Waals surface area contributed by atoms with E-state index in [-0.39, 0.29) is 18.9 Å². The summed E-state index contributed by atoms with van der Waals surface area (Å²) in [5, 5.41) is 11.5. The van der Waals surface area contributed by atoms with E-state index in [9.17, 15) is 14.4 Å².